The summed E-state index contributed by atoms with van der Waals surface area (Å²) in [5.74, 6) is 1.41. The van der Waals surface area contributed by atoms with Gasteiger partial charge < -0.3 is 10.5 Å². The number of benzene rings is 1. The molecule has 0 unspecified atom stereocenters. The molecule has 0 fully saturated rings. The number of hydrogen-bond acceptors (Lipinski definition) is 2. The maximum Gasteiger partial charge on any atom is 0.122 e. The largest absolute Gasteiger partial charge is 0.496 e. The molecule has 14 heavy (non-hydrogen) atoms. The molecule has 0 saturated carbocycles. The standard InChI is InChI=1S/C12H19NO/c1-8(2)11-7-10(9(3)13)5-6-12(11)14-4/h5-9H,13H2,1-4H3/t9-/m0/s1. The Bertz CT molecular complexity index is 305. The average molecular weight is 193 g/mol. The number of nitrogens with two attached hydrogens (primary N) is 1. The highest BCUT2D eigenvalue weighted by Crippen LogP contribution is 2.28. The number of ether oxygens (including phenoxy) is 1. The van der Waals surface area contributed by atoms with Gasteiger partial charge in [-0.2, -0.15) is 0 Å². The van der Waals surface area contributed by atoms with E-state index >= 15 is 0 Å². The molecule has 2 N–H and O–H groups in total. The van der Waals surface area contributed by atoms with E-state index in [0.29, 0.717) is 5.92 Å². The van der Waals surface area contributed by atoms with E-state index in [4.69, 9.17) is 10.5 Å². The van der Waals surface area contributed by atoms with Gasteiger partial charge in [0.15, 0.2) is 0 Å². The maximum absolute atomic E-state index is 5.83. The molecule has 78 valence electrons. The Morgan fingerprint density at radius 3 is 2.29 bits per heavy atom. The molecule has 1 atom stereocenters. The summed E-state index contributed by atoms with van der Waals surface area (Å²) in [5.41, 5.74) is 8.22. The SMILES string of the molecule is COc1ccc([C@H](C)N)cc1C(C)C. The summed E-state index contributed by atoms with van der Waals surface area (Å²) in [6.07, 6.45) is 0. The molecular formula is C12H19NO. The summed E-state index contributed by atoms with van der Waals surface area (Å²) >= 11 is 0. The molecule has 0 heterocycles. The lowest BCUT2D eigenvalue weighted by Gasteiger charge is -2.14. The van der Waals surface area contributed by atoms with Crippen molar-refractivity contribution in [1.29, 1.82) is 0 Å². The average Bonchev–Trinajstić information content (AvgIpc) is 2.16. The van der Waals surface area contributed by atoms with Crippen molar-refractivity contribution in [1.82, 2.24) is 0 Å². The van der Waals surface area contributed by atoms with Crippen molar-refractivity contribution in [2.24, 2.45) is 5.73 Å². The summed E-state index contributed by atoms with van der Waals surface area (Å²) in [7, 11) is 1.70. The minimum Gasteiger partial charge on any atom is -0.496 e. The monoisotopic (exact) mass is 193 g/mol. The molecule has 0 radical (unpaired) electrons. The van der Waals surface area contributed by atoms with E-state index in [0.717, 1.165) is 11.3 Å². The van der Waals surface area contributed by atoms with Gasteiger partial charge in [-0.15, -0.1) is 0 Å². The Morgan fingerprint density at radius 2 is 1.86 bits per heavy atom. The van der Waals surface area contributed by atoms with Gasteiger partial charge >= 0.3 is 0 Å². The van der Waals surface area contributed by atoms with E-state index in [9.17, 15) is 0 Å². The van der Waals surface area contributed by atoms with Crippen molar-refractivity contribution in [2.45, 2.75) is 32.7 Å². The molecule has 0 aliphatic carbocycles. The third-order valence-electron chi connectivity index (χ3n) is 2.40. The Labute approximate surface area is 86.1 Å². The van der Waals surface area contributed by atoms with Crippen molar-refractivity contribution in [3.05, 3.63) is 29.3 Å². The first-order valence-corrected chi connectivity index (χ1v) is 4.99. The summed E-state index contributed by atoms with van der Waals surface area (Å²) < 4.78 is 5.30. The lowest BCUT2D eigenvalue weighted by atomic mass is 9.97. The maximum atomic E-state index is 5.83. The molecule has 0 aliphatic rings. The second-order valence-corrected chi connectivity index (χ2v) is 3.94. The Hall–Kier alpha value is -1.02. The van der Waals surface area contributed by atoms with Crippen LogP contribution < -0.4 is 10.5 Å². The van der Waals surface area contributed by atoms with E-state index in [1.165, 1.54) is 5.56 Å². The number of hydrogen-bond donors (Lipinski definition) is 1. The van der Waals surface area contributed by atoms with Crippen LogP contribution in [0.5, 0.6) is 5.75 Å². The summed E-state index contributed by atoms with van der Waals surface area (Å²) in [4.78, 5) is 0. The molecule has 1 aromatic carbocycles. The second-order valence-electron chi connectivity index (χ2n) is 3.94. The fourth-order valence-electron chi connectivity index (χ4n) is 1.49. The van der Waals surface area contributed by atoms with E-state index in [1.54, 1.807) is 7.11 Å². The van der Waals surface area contributed by atoms with Gasteiger partial charge in [0.25, 0.3) is 0 Å². The highest BCUT2D eigenvalue weighted by atomic mass is 16.5. The predicted octanol–water partition coefficient (Wildman–Crippen LogP) is 2.84. The zero-order valence-electron chi connectivity index (χ0n) is 9.37. The summed E-state index contributed by atoms with van der Waals surface area (Å²) in [6.45, 7) is 6.30. The normalized spacial score (nSPS) is 13.0. The highest BCUT2D eigenvalue weighted by molar-refractivity contribution is 5.40. The Morgan fingerprint density at radius 1 is 1.21 bits per heavy atom. The minimum absolute atomic E-state index is 0.0819. The molecule has 0 spiro atoms. The van der Waals surface area contributed by atoms with Crippen LogP contribution in [0, 0.1) is 0 Å². The van der Waals surface area contributed by atoms with Crippen LogP contribution in [0.3, 0.4) is 0 Å². The number of methoxy groups -OCH3 is 1. The highest BCUT2D eigenvalue weighted by Gasteiger charge is 2.09. The van der Waals surface area contributed by atoms with Gasteiger partial charge in [-0.25, -0.2) is 0 Å². The van der Waals surface area contributed by atoms with Crippen LogP contribution in [-0.2, 0) is 0 Å². The van der Waals surface area contributed by atoms with Crippen molar-refractivity contribution in [3.63, 3.8) is 0 Å². The van der Waals surface area contributed by atoms with Crippen molar-refractivity contribution >= 4 is 0 Å². The van der Waals surface area contributed by atoms with Gasteiger partial charge in [0.2, 0.25) is 0 Å². The summed E-state index contributed by atoms with van der Waals surface area (Å²) in [6, 6.07) is 6.23. The van der Waals surface area contributed by atoms with Crippen LogP contribution >= 0.6 is 0 Å². The van der Waals surface area contributed by atoms with Gasteiger partial charge in [0.05, 0.1) is 7.11 Å². The first kappa shape index (κ1) is 11.1. The summed E-state index contributed by atoms with van der Waals surface area (Å²) in [5, 5.41) is 0. The van der Waals surface area contributed by atoms with E-state index in [1.807, 2.05) is 19.1 Å². The van der Waals surface area contributed by atoms with E-state index in [-0.39, 0.29) is 6.04 Å². The molecule has 0 saturated heterocycles. The van der Waals surface area contributed by atoms with Gasteiger partial charge in [0, 0.05) is 6.04 Å². The zero-order valence-corrected chi connectivity index (χ0v) is 9.37. The van der Waals surface area contributed by atoms with Crippen molar-refractivity contribution in [2.75, 3.05) is 7.11 Å². The van der Waals surface area contributed by atoms with Crippen LogP contribution in [0.1, 0.15) is 43.9 Å². The molecule has 0 aromatic heterocycles. The van der Waals surface area contributed by atoms with Gasteiger partial charge in [-0.3, -0.25) is 0 Å². The fraction of sp³-hybridized carbons (Fsp3) is 0.500. The lowest BCUT2D eigenvalue weighted by molar-refractivity contribution is 0.407. The third kappa shape index (κ3) is 2.26. The predicted molar refractivity (Wildman–Crippen MR) is 59.7 cm³/mol. The Kier molecular flexibility index (Phi) is 3.53. The molecule has 2 nitrogen and oxygen atoms in total. The first-order valence-electron chi connectivity index (χ1n) is 4.99. The van der Waals surface area contributed by atoms with Crippen molar-refractivity contribution in [3.8, 4) is 5.75 Å². The van der Waals surface area contributed by atoms with E-state index < -0.39 is 0 Å². The molecule has 1 rings (SSSR count). The third-order valence-corrected chi connectivity index (χ3v) is 2.40. The Balaban J connectivity index is 3.14. The topological polar surface area (TPSA) is 35.2 Å². The van der Waals surface area contributed by atoms with Crippen molar-refractivity contribution < 1.29 is 4.74 Å². The minimum atomic E-state index is 0.0819. The lowest BCUT2D eigenvalue weighted by Crippen LogP contribution is -2.06. The van der Waals surface area contributed by atoms with Crippen LogP contribution in [0.15, 0.2) is 18.2 Å². The zero-order chi connectivity index (χ0) is 10.7. The molecule has 0 bridgehead atoms. The molecule has 0 amide bonds. The smallest absolute Gasteiger partial charge is 0.122 e. The van der Waals surface area contributed by atoms with Crippen LogP contribution in [0.25, 0.3) is 0 Å². The van der Waals surface area contributed by atoms with Crippen LogP contribution in [0.2, 0.25) is 0 Å². The van der Waals surface area contributed by atoms with Gasteiger partial charge in [-0.05, 0) is 30.0 Å². The molecule has 0 aliphatic heterocycles. The van der Waals surface area contributed by atoms with Gasteiger partial charge in [0.1, 0.15) is 5.75 Å². The molecule has 2 heteroatoms. The molecular weight excluding hydrogens is 174 g/mol. The molecule has 1 aromatic rings. The van der Waals surface area contributed by atoms with Crippen LogP contribution in [-0.4, -0.2) is 7.11 Å². The second kappa shape index (κ2) is 4.47. The number of rotatable bonds is 3. The van der Waals surface area contributed by atoms with Gasteiger partial charge in [-0.1, -0.05) is 26.0 Å². The van der Waals surface area contributed by atoms with Crippen LogP contribution in [0.4, 0.5) is 0 Å². The quantitative estimate of drug-likeness (QED) is 0.801. The van der Waals surface area contributed by atoms with E-state index in [2.05, 4.69) is 19.9 Å². The fourth-order valence-corrected chi connectivity index (χ4v) is 1.49. The first-order chi connectivity index (χ1) is 6.56.